The molecule has 0 aliphatic heterocycles. The Balaban J connectivity index is 2.22. The van der Waals surface area contributed by atoms with E-state index in [1.165, 1.54) is 0 Å². The fraction of sp³-hybridized carbons (Fsp3) is 0.368. The van der Waals surface area contributed by atoms with Crippen molar-refractivity contribution in [1.29, 1.82) is 5.26 Å². The molecule has 6 nitrogen and oxygen atoms in total. The number of Topliss-reactive ketones (excluding diaryl/α,β-unsaturated/α-hetero) is 1. The van der Waals surface area contributed by atoms with E-state index >= 15 is 0 Å². The zero-order chi connectivity index (χ0) is 18.6. The second-order valence-corrected chi connectivity index (χ2v) is 6.37. The third-order valence-electron chi connectivity index (χ3n) is 3.73. The number of benzene rings is 1. The third kappa shape index (κ3) is 4.54. The molecular weight excluding hydrogens is 316 g/mol. The van der Waals surface area contributed by atoms with Gasteiger partial charge in [0.15, 0.2) is 11.7 Å². The van der Waals surface area contributed by atoms with Gasteiger partial charge in [0.2, 0.25) is 5.91 Å². The van der Waals surface area contributed by atoms with E-state index in [4.69, 9.17) is 0 Å². The summed E-state index contributed by atoms with van der Waals surface area (Å²) in [5, 5.41) is 16.3. The van der Waals surface area contributed by atoms with Crippen LogP contribution in [-0.2, 0) is 11.3 Å². The van der Waals surface area contributed by atoms with Gasteiger partial charge < -0.3 is 5.32 Å². The Hall–Kier alpha value is -2.94. The van der Waals surface area contributed by atoms with E-state index < -0.39 is 17.6 Å². The first-order chi connectivity index (χ1) is 11.8. The number of hydrogen-bond acceptors (Lipinski definition) is 4. The Morgan fingerprint density at radius 3 is 2.56 bits per heavy atom. The number of aryl methyl sites for hydroxylation is 2. The predicted octanol–water partition coefficient (Wildman–Crippen LogP) is 2.40. The number of amides is 1. The van der Waals surface area contributed by atoms with E-state index in [1.54, 1.807) is 32.0 Å². The summed E-state index contributed by atoms with van der Waals surface area (Å²) in [6.07, 6.45) is 0. The highest BCUT2D eigenvalue weighted by Gasteiger charge is 2.28. The van der Waals surface area contributed by atoms with Crippen molar-refractivity contribution in [2.24, 2.45) is 5.92 Å². The van der Waals surface area contributed by atoms with Gasteiger partial charge in [0, 0.05) is 17.3 Å². The van der Waals surface area contributed by atoms with Crippen LogP contribution >= 0.6 is 0 Å². The molecule has 1 amide bonds. The van der Waals surface area contributed by atoms with Crippen LogP contribution in [0.3, 0.4) is 0 Å². The van der Waals surface area contributed by atoms with E-state index in [0.717, 1.165) is 17.0 Å². The monoisotopic (exact) mass is 338 g/mol. The summed E-state index contributed by atoms with van der Waals surface area (Å²) >= 11 is 0. The average Bonchev–Trinajstić information content (AvgIpc) is 2.85. The summed E-state index contributed by atoms with van der Waals surface area (Å²) in [6.45, 7) is 7.99. The molecule has 0 aliphatic carbocycles. The lowest BCUT2D eigenvalue weighted by Crippen LogP contribution is -2.38. The van der Waals surface area contributed by atoms with Crippen molar-refractivity contribution in [2.75, 3.05) is 0 Å². The molecule has 25 heavy (non-hydrogen) atoms. The standard InChI is InChI=1S/C19H22N4O2/c1-12(2)21-19(25)17(10-20)18(24)16-7-5-6-15(9-16)11-23-14(4)8-13(3)22-23/h5-9,12,17H,11H2,1-4H3,(H,21,25)/t17-/m0/s1. The van der Waals surface area contributed by atoms with Gasteiger partial charge in [-0.3, -0.25) is 14.3 Å². The maximum atomic E-state index is 12.6. The van der Waals surface area contributed by atoms with Gasteiger partial charge in [-0.25, -0.2) is 0 Å². The number of nitriles is 1. The molecule has 0 aliphatic rings. The minimum absolute atomic E-state index is 0.131. The summed E-state index contributed by atoms with van der Waals surface area (Å²) in [5.41, 5.74) is 3.20. The van der Waals surface area contributed by atoms with Crippen LogP contribution in [0.15, 0.2) is 30.3 Å². The van der Waals surface area contributed by atoms with Crippen molar-refractivity contribution in [3.05, 3.63) is 52.8 Å². The smallest absolute Gasteiger partial charge is 0.245 e. The maximum absolute atomic E-state index is 12.6. The molecule has 1 aromatic heterocycles. The Morgan fingerprint density at radius 2 is 2.00 bits per heavy atom. The molecule has 0 radical (unpaired) electrons. The van der Waals surface area contributed by atoms with Crippen LogP contribution in [0.25, 0.3) is 0 Å². The topological polar surface area (TPSA) is 87.8 Å². The molecule has 1 heterocycles. The van der Waals surface area contributed by atoms with Crippen LogP contribution in [0.4, 0.5) is 0 Å². The van der Waals surface area contributed by atoms with Crippen LogP contribution in [-0.4, -0.2) is 27.5 Å². The number of carbonyl (C=O) groups excluding carboxylic acids is 2. The zero-order valence-electron chi connectivity index (χ0n) is 14.9. The van der Waals surface area contributed by atoms with Crippen LogP contribution in [0, 0.1) is 31.1 Å². The normalized spacial score (nSPS) is 11.8. The number of nitrogens with one attached hydrogen (secondary N) is 1. The molecule has 1 atom stereocenters. The molecule has 130 valence electrons. The van der Waals surface area contributed by atoms with Gasteiger partial charge in [-0.2, -0.15) is 10.4 Å². The number of hydrogen-bond donors (Lipinski definition) is 1. The Bertz CT molecular complexity index is 830. The van der Waals surface area contributed by atoms with Crippen molar-refractivity contribution >= 4 is 11.7 Å². The second-order valence-electron chi connectivity index (χ2n) is 6.37. The lowest BCUT2D eigenvalue weighted by atomic mass is 9.96. The van der Waals surface area contributed by atoms with Gasteiger partial charge in [0.05, 0.1) is 18.3 Å². The molecule has 1 aromatic carbocycles. The fourth-order valence-corrected chi connectivity index (χ4v) is 2.60. The summed E-state index contributed by atoms with van der Waals surface area (Å²) in [5.74, 6) is -2.39. The van der Waals surface area contributed by atoms with Crippen LogP contribution < -0.4 is 5.32 Å². The van der Waals surface area contributed by atoms with E-state index in [2.05, 4.69) is 10.4 Å². The Labute approximate surface area is 147 Å². The highest BCUT2D eigenvalue weighted by molar-refractivity contribution is 6.12. The summed E-state index contributed by atoms with van der Waals surface area (Å²) in [4.78, 5) is 24.6. The predicted molar refractivity (Wildman–Crippen MR) is 94.0 cm³/mol. The minimum atomic E-state index is -1.34. The van der Waals surface area contributed by atoms with Crippen LogP contribution in [0.2, 0.25) is 0 Å². The lowest BCUT2D eigenvalue weighted by Gasteiger charge is -2.13. The Morgan fingerprint density at radius 1 is 1.28 bits per heavy atom. The van der Waals surface area contributed by atoms with Gasteiger partial charge >= 0.3 is 0 Å². The van der Waals surface area contributed by atoms with E-state index in [0.29, 0.717) is 12.1 Å². The van der Waals surface area contributed by atoms with Crippen LogP contribution in [0.5, 0.6) is 0 Å². The first kappa shape index (κ1) is 18.4. The van der Waals surface area contributed by atoms with E-state index in [9.17, 15) is 14.9 Å². The van der Waals surface area contributed by atoms with E-state index in [1.807, 2.05) is 36.7 Å². The SMILES string of the molecule is Cc1cc(C)n(Cc2cccc(C(=O)[C@H](C#N)C(=O)NC(C)C)c2)n1. The molecule has 0 unspecified atom stereocenters. The second kappa shape index (κ2) is 7.75. The first-order valence-corrected chi connectivity index (χ1v) is 8.16. The third-order valence-corrected chi connectivity index (χ3v) is 3.73. The molecule has 0 fully saturated rings. The van der Waals surface area contributed by atoms with Gasteiger partial charge in [-0.05, 0) is 45.4 Å². The molecule has 0 bridgehead atoms. The molecule has 0 saturated heterocycles. The summed E-state index contributed by atoms with van der Waals surface area (Å²) < 4.78 is 1.85. The number of rotatable bonds is 6. The first-order valence-electron chi connectivity index (χ1n) is 8.16. The van der Waals surface area contributed by atoms with Crippen molar-refractivity contribution in [3.63, 3.8) is 0 Å². The number of ketones is 1. The van der Waals surface area contributed by atoms with Gasteiger partial charge in [-0.1, -0.05) is 18.2 Å². The Kier molecular flexibility index (Phi) is 5.71. The molecular formula is C19H22N4O2. The number of nitrogens with zero attached hydrogens (tertiary/aromatic N) is 3. The van der Waals surface area contributed by atoms with Crippen molar-refractivity contribution in [2.45, 2.75) is 40.3 Å². The highest BCUT2D eigenvalue weighted by Crippen LogP contribution is 2.14. The quantitative estimate of drug-likeness (QED) is 0.647. The average molecular weight is 338 g/mol. The van der Waals surface area contributed by atoms with Crippen molar-refractivity contribution in [1.82, 2.24) is 15.1 Å². The van der Waals surface area contributed by atoms with Gasteiger partial charge in [0.1, 0.15) is 0 Å². The summed E-state index contributed by atoms with van der Waals surface area (Å²) in [7, 11) is 0. The van der Waals surface area contributed by atoms with Gasteiger partial charge in [-0.15, -0.1) is 0 Å². The van der Waals surface area contributed by atoms with Crippen molar-refractivity contribution < 1.29 is 9.59 Å². The van der Waals surface area contributed by atoms with Crippen LogP contribution in [0.1, 0.15) is 41.2 Å². The van der Waals surface area contributed by atoms with Gasteiger partial charge in [0.25, 0.3) is 0 Å². The van der Waals surface area contributed by atoms with Crippen molar-refractivity contribution in [3.8, 4) is 6.07 Å². The van der Waals surface area contributed by atoms with E-state index in [-0.39, 0.29) is 6.04 Å². The molecule has 2 aromatic rings. The molecule has 2 rings (SSSR count). The largest absolute Gasteiger partial charge is 0.352 e. The molecule has 1 N–H and O–H groups in total. The minimum Gasteiger partial charge on any atom is -0.352 e. The highest BCUT2D eigenvalue weighted by atomic mass is 16.2. The zero-order valence-corrected chi connectivity index (χ0v) is 14.9. The number of carbonyl (C=O) groups is 2. The lowest BCUT2D eigenvalue weighted by molar-refractivity contribution is -0.122. The summed E-state index contributed by atoms with van der Waals surface area (Å²) in [6, 6.07) is 10.6. The number of aromatic nitrogens is 2. The fourth-order valence-electron chi connectivity index (χ4n) is 2.60. The molecule has 6 heteroatoms. The molecule has 0 saturated carbocycles. The molecule has 0 spiro atoms. The maximum Gasteiger partial charge on any atom is 0.245 e.